The van der Waals surface area contributed by atoms with E-state index in [2.05, 4.69) is 9.98 Å². The zero-order valence-corrected chi connectivity index (χ0v) is 9.15. The standard InChI is InChI=1S/C11H14N2O2/c1-4-15-10(14)9-8-5-6-11(3,13-9)12-7(8)2/h5-6,8H,4H2,1-3H3/t8-,11+/m1/s1. The van der Waals surface area contributed by atoms with E-state index >= 15 is 0 Å². The van der Waals surface area contributed by atoms with Gasteiger partial charge in [0.2, 0.25) is 0 Å². The van der Waals surface area contributed by atoms with E-state index in [4.69, 9.17) is 4.74 Å². The van der Waals surface area contributed by atoms with Gasteiger partial charge < -0.3 is 4.74 Å². The van der Waals surface area contributed by atoms with Gasteiger partial charge in [0.1, 0.15) is 5.71 Å². The Balaban J connectivity index is 2.31. The quantitative estimate of drug-likeness (QED) is 0.506. The molecule has 0 unspecified atom stereocenters. The summed E-state index contributed by atoms with van der Waals surface area (Å²) in [4.78, 5) is 20.4. The van der Waals surface area contributed by atoms with Crippen LogP contribution in [0.3, 0.4) is 0 Å². The van der Waals surface area contributed by atoms with Crippen LogP contribution in [0.2, 0.25) is 0 Å². The molecule has 4 nitrogen and oxygen atoms in total. The molecule has 0 aromatic rings. The molecule has 0 amide bonds. The molecule has 0 saturated heterocycles. The summed E-state index contributed by atoms with van der Waals surface area (Å²) in [5.41, 5.74) is 0.813. The lowest BCUT2D eigenvalue weighted by atomic mass is 9.88. The minimum absolute atomic E-state index is 0.0918. The molecule has 15 heavy (non-hydrogen) atoms. The predicted molar refractivity (Wildman–Crippen MR) is 58.2 cm³/mol. The van der Waals surface area contributed by atoms with Crippen LogP contribution in [0, 0.1) is 5.92 Å². The topological polar surface area (TPSA) is 51.0 Å². The lowest BCUT2D eigenvalue weighted by Gasteiger charge is -2.32. The summed E-state index contributed by atoms with van der Waals surface area (Å²) in [5, 5.41) is 0. The van der Waals surface area contributed by atoms with Crippen LogP contribution >= 0.6 is 0 Å². The van der Waals surface area contributed by atoms with E-state index in [9.17, 15) is 4.79 Å². The van der Waals surface area contributed by atoms with Gasteiger partial charge in [-0.2, -0.15) is 0 Å². The van der Waals surface area contributed by atoms with Crippen molar-refractivity contribution in [1.29, 1.82) is 0 Å². The lowest BCUT2D eigenvalue weighted by Crippen LogP contribution is -2.41. The maximum atomic E-state index is 11.6. The van der Waals surface area contributed by atoms with Crippen molar-refractivity contribution in [1.82, 2.24) is 0 Å². The first-order valence-corrected chi connectivity index (χ1v) is 5.08. The Hall–Kier alpha value is -1.45. The van der Waals surface area contributed by atoms with Crippen LogP contribution in [0.4, 0.5) is 0 Å². The van der Waals surface area contributed by atoms with Crippen molar-refractivity contribution in [2.24, 2.45) is 15.9 Å². The number of ether oxygens (including phenoxy) is 1. The van der Waals surface area contributed by atoms with Gasteiger partial charge in [-0.05, 0) is 26.8 Å². The Morgan fingerprint density at radius 1 is 1.60 bits per heavy atom. The van der Waals surface area contributed by atoms with E-state index < -0.39 is 5.66 Å². The van der Waals surface area contributed by atoms with Gasteiger partial charge in [-0.15, -0.1) is 0 Å². The summed E-state index contributed by atoms with van der Waals surface area (Å²) < 4.78 is 4.97. The van der Waals surface area contributed by atoms with E-state index in [1.807, 2.05) is 26.0 Å². The van der Waals surface area contributed by atoms with Crippen molar-refractivity contribution < 1.29 is 9.53 Å². The van der Waals surface area contributed by atoms with Gasteiger partial charge >= 0.3 is 5.97 Å². The molecule has 3 heterocycles. The molecule has 0 aliphatic carbocycles. The van der Waals surface area contributed by atoms with E-state index in [0.717, 1.165) is 5.71 Å². The zero-order valence-electron chi connectivity index (χ0n) is 9.15. The second-order valence-corrected chi connectivity index (χ2v) is 3.90. The highest BCUT2D eigenvalue weighted by molar-refractivity contribution is 6.42. The Morgan fingerprint density at radius 3 is 2.87 bits per heavy atom. The van der Waals surface area contributed by atoms with E-state index in [-0.39, 0.29) is 11.9 Å². The molecule has 0 saturated carbocycles. The molecule has 2 bridgehead atoms. The summed E-state index contributed by atoms with van der Waals surface area (Å²) >= 11 is 0. The fraction of sp³-hybridized carbons (Fsp3) is 0.545. The summed E-state index contributed by atoms with van der Waals surface area (Å²) in [7, 11) is 0. The van der Waals surface area contributed by atoms with Gasteiger partial charge in [0.25, 0.3) is 0 Å². The highest BCUT2D eigenvalue weighted by atomic mass is 16.5. The largest absolute Gasteiger partial charge is 0.461 e. The number of allylic oxidation sites excluding steroid dienone is 1. The molecule has 3 rings (SSSR count). The first kappa shape index (κ1) is 10.1. The second kappa shape index (κ2) is 3.29. The number of carbonyl (C=O) groups excluding carboxylic acids is 1. The normalized spacial score (nSPS) is 32.3. The summed E-state index contributed by atoms with van der Waals surface area (Å²) in [6.45, 7) is 5.96. The third-order valence-corrected chi connectivity index (χ3v) is 2.58. The van der Waals surface area contributed by atoms with Crippen molar-refractivity contribution >= 4 is 17.4 Å². The summed E-state index contributed by atoms with van der Waals surface area (Å²) in [6.07, 6.45) is 3.90. The van der Waals surface area contributed by atoms with Crippen LogP contribution in [0.5, 0.6) is 0 Å². The predicted octanol–water partition coefficient (Wildman–Crippen LogP) is 1.37. The van der Waals surface area contributed by atoms with Gasteiger partial charge in [-0.3, -0.25) is 4.99 Å². The van der Waals surface area contributed by atoms with Crippen LogP contribution in [0.15, 0.2) is 22.1 Å². The average molecular weight is 206 g/mol. The molecule has 0 N–H and O–H groups in total. The van der Waals surface area contributed by atoms with E-state index in [1.165, 1.54) is 0 Å². The number of carbonyl (C=O) groups is 1. The monoisotopic (exact) mass is 206 g/mol. The van der Waals surface area contributed by atoms with Gasteiger partial charge in [0, 0.05) is 5.71 Å². The maximum absolute atomic E-state index is 11.6. The van der Waals surface area contributed by atoms with Gasteiger partial charge in [-0.1, -0.05) is 6.08 Å². The summed E-state index contributed by atoms with van der Waals surface area (Å²) in [5.74, 6) is -0.418. The highest BCUT2D eigenvalue weighted by Crippen LogP contribution is 2.30. The first-order chi connectivity index (χ1) is 7.06. The molecule has 0 aromatic carbocycles. The Morgan fingerprint density at radius 2 is 2.33 bits per heavy atom. The molecular formula is C11H14N2O2. The fourth-order valence-electron chi connectivity index (χ4n) is 1.92. The minimum atomic E-state index is -0.596. The molecule has 0 aromatic heterocycles. The van der Waals surface area contributed by atoms with Crippen LogP contribution in [0.1, 0.15) is 20.8 Å². The second-order valence-electron chi connectivity index (χ2n) is 3.90. The molecule has 3 aliphatic rings. The van der Waals surface area contributed by atoms with Crippen LogP contribution in [0.25, 0.3) is 0 Å². The van der Waals surface area contributed by atoms with Crippen molar-refractivity contribution in [3.05, 3.63) is 12.2 Å². The molecule has 2 atom stereocenters. The molecule has 0 fully saturated rings. The number of esters is 1. The first-order valence-electron chi connectivity index (χ1n) is 5.08. The van der Waals surface area contributed by atoms with Crippen molar-refractivity contribution in [2.75, 3.05) is 6.61 Å². The minimum Gasteiger partial charge on any atom is -0.461 e. The van der Waals surface area contributed by atoms with E-state index in [1.54, 1.807) is 6.92 Å². The highest BCUT2D eigenvalue weighted by Gasteiger charge is 2.38. The SMILES string of the molecule is CCOC(=O)C1=N[C@@]2(C)C=C[C@@H]1C(C)=N2. The maximum Gasteiger partial charge on any atom is 0.353 e. The zero-order chi connectivity index (χ0) is 11.1. The number of hydrogen-bond acceptors (Lipinski definition) is 4. The molecule has 4 heteroatoms. The third kappa shape index (κ3) is 1.60. The fourth-order valence-corrected chi connectivity index (χ4v) is 1.92. The van der Waals surface area contributed by atoms with Gasteiger partial charge in [0.15, 0.2) is 5.66 Å². The number of aliphatic imine (C=N–C) groups is 2. The Labute approximate surface area is 88.8 Å². The molecule has 80 valence electrons. The lowest BCUT2D eigenvalue weighted by molar-refractivity contribution is -0.135. The van der Waals surface area contributed by atoms with Crippen molar-refractivity contribution in [3.8, 4) is 0 Å². The number of nitrogens with zero attached hydrogens (tertiary/aromatic N) is 2. The number of dihydropyridines is 2. The molecule has 3 aliphatic heterocycles. The average Bonchev–Trinajstić information content (AvgIpc) is 2.16. The van der Waals surface area contributed by atoms with E-state index in [0.29, 0.717) is 12.3 Å². The van der Waals surface area contributed by atoms with Crippen LogP contribution < -0.4 is 0 Å². The Bertz CT molecular complexity index is 395. The number of hydrogen-bond donors (Lipinski definition) is 0. The molecular weight excluding hydrogens is 192 g/mol. The molecule has 0 spiro atoms. The van der Waals surface area contributed by atoms with Crippen LogP contribution in [-0.4, -0.2) is 29.7 Å². The summed E-state index contributed by atoms with van der Waals surface area (Å²) in [6, 6.07) is 0. The smallest absolute Gasteiger partial charge is 0.353 e. The van der Waals surface area contributed by atoms with Gasteiger partial charge in [-0.25, -0.2) is 9.79 Å². The van der Waals surface area contributed by atoms with Crippen LogP contribution in [-0.2, 0) is 9.53 Å². The third-order valence-electron chi connectivity index (χ3n) is 2.58. The molecule has 0 radical (unpaired) electrons. The van der Waals surface area contributed by atoms with Crippen molar-refractivity contribution in [2.45, 2.75) is 26.4 Å². The van der Waals surface area contributed by atoms with Crippen molar-refractivity contribution in [3.63, 3.8) is 0 Å². The van der Waals surface area contributed by atoms with Gasteiger partial charge in [0.05, 0.1) is 12.5 Å². The Kier molecular flexibility index (Phi) is 2.21. The number of rotatable bonds is 2.